The van der Waals surface area contributed by atoms with Gasteiger partial charge in [0.2, 0.25) is 0 Å². The second-order valence-corrected chi connectivity index (χ2v) is 13.2. The van der Waals surface area contributed by atoms with E-state index >= 15 is 0 Å². The second-order valence-electron chi connectivity index (χ2n) is 13.2. The lowest BCUT2D eigenvalue weighted by molar-refractivity contribution is 0.968. The van der Waals surface area contributed by atoms with Crippen LogP contribution in [0, 0.1) is 0 Å². The van der Waals surface area contributed by atoms with E-state index in [1.54, 1.807) is 0 Å². The lowest BCUT2D eigenvalue weighted by atomic mass is 9.94. The van der Waals surface area contributed by atoms with Gasteiger partial charge in [-0.25, -0.2) is 0 Å². The monoisotopic (exact) mass is 638 g/mol. The number of aromatic nitrogens is 2. The van der Waals surface area contributed by atoms with E-state index in [9.17, 15) is 0 Å². The van der Waals surface area contributed by atoms with Gasteiger partial charge in [0.25, 0.3) is 0 Å². The summed E-state index contributed by atoms with van der Waals surface area (Å²) in [6, 6.07) is 61.9. The van der Waals surface area contributed by atoms with Crippen LogP contribution in [0.25, 0.3) is 83.5 Å². The third-order valence-electron chi connectivity index (χ3n) is 10.4. The highest BCUT2D eigenvalue weighted by atomic mass is 15.0. The van der Waals surface area contributed by atoms with E-state index < -0.39 is 0 Å². The van der Waals surface area contributed by atoms with Gasteiger partial charge in [0.05, 0.1) is 27.9 Å². The number of para-hydroxylation sites is 3. The molecule has 0 bridgehead atoms. The quantitative estimate of drug-likeness (QED) is 0.178. The summed E-state index contributed by atoms with van der Waals surface area (Å²) in [7, 11) is 0. The number of fused-ring (bicyclic) bond motifs is 6. The molecular weight excluding hydrogens is 605 g/mol. The molecule has 0 fully saturated rings. The van der Waals surface area contributed by atoms with Gasteiger partial charge in [-0.2, -0.15) is 0 Å². The average Bonchev–Trinajstić information content (AvgIpc) is 3.72. The summed E-state index contributed by atoms with van der Waals surface area (Å²) in [6.45, 7) is 0. The van der Waals surface area contributed by atoms with Gasteiger partial charge in [0.15, 0.2) is 0 Å². The van der Waals surface area contributed by atoms with Crippen LogP contribution in [-0.2, 0) is 6.42 Å². The van der Waals surface area contributed by atoms with Crippen LogP contribution in [0.15, 0.2) is 176 Å². The highest BCUT2D eigenvalue weighted by Gasteiger charge is 2.24. The maximum Gasteiger partial charge on any atom is 0.0547 e. The van der Waals surface area contributed by atoms with Gasteiger partial charge >= 0.3 is 0 Å². The fraction of sp³-hybridized carbons (Fsp3) is 0.0417. The molecule has 0 aliphatic heterocycles. The van der Waals surface area contributed by atoms with Crippen LogP contribution in [0.3, 0.4) is 0 Å². The molecule has 0 spiro atoms. The number of allylic oxidation sites excluding steroid dienone is 1. The van der Waals surface area contributed by atoms with Crippen molar-refractivity contribution < 1.29 is 0 Å². The molecule has 7 aromatic carbocycles. The predicted octanol–water partition coefficient (Wildman–Crippen LogP) is 12.7. The molecule has 50 heavy (non-hydrogen) atoms. The molecule has 10 rings (SSSR count). The molecule has 0 saturated heterocycles. The summed E-state index contributed by atoms with van der Waals surface area (Å²) >= 11 is 0. The molecule has 0 radical (unpaired) electrons. The minimum atomic E-state index is 1.03. The minimum absolute atomic E-state index is 1.03. The highest BCUT2D eigenvalue weighted by molar-refractivity contribution is 6.16. The van der Waals surface area contributed by atoms with Gasteiger partial charge in [0, 0.05) is 33.0 Å². The Balaban J connectivity index is 1.25. The number of aryl methyl sites for hydroxylation is 1. The molecule has 9 aromatic rings. The van der Waals surface area contributed by atoms with Crippen LogP contribution in [0.2, 0.25) is 0 Å². The van der Waals surface area contributed by atoms with Crippen LogP contribution in [0.4, 0.5) is 0 Å². The summed E-state index contributed by atoms with van der Waals surface area (Å²) < 4.78 is 4.98. The highest BCUT2D eigenvalue weighted by Crippen LogP contribution is 2.44. The third kappa shape index (κ3) is 4.35. The first-order valence-corrected chi connectivity index (χ1v) is 17.5. The smallest absolute Gasteiger partial charge is 0.0547 e. The zero-order valence-electron chi connectivity index (χ0n) is 27.6. The van der Waals surface area contributed by atoms with E-state index in [2.05, 4.69) is 191 Å². The van der Waals surface area contributed by atoms with Crippen molar-refractivity contribution in [2.75, 3.05) is 0 Å². The van der Waals surface area contributed by atoms with Crippen LogP contribution in [0.1, 0.15) is 17.7 Å². The van der Waals surface area contributed by atoms with Gasteiger partial charge in [-0.15, -0.1) is 0 Å². The standard InChI is InChI=1S/C48H34N2/c1-3-17-33(18-4-1)35-25-15-31-45-47(35)39-23-9-13-29-43(39)49(45)41-27-11-7-21-37(41)38-22-8-12-28-42(38)50-44-30-14-10-24-40(44)48-36(26-16-32-46(48)50)34-19-5-2-6-20-34/h1-9,11-23,25-32H,10,24H2. The van der Waals surface area contributed by atoms with Crippen molar-refractivity contribution in [2.45, 2.75) is 12.8 Å². The zero-order valence-corrected chi connectivity index (χ0v) is 27.6. The van der Waals surface area contributed by atoms with E-state index in [1.807, 2.05) is 0 Å². The SMILES string of the molecule is C1=Cc2c(c3c(-c4ccccc4)cccc3n2-c2ccccc2-c2ccccc2-n2c3ccccc3c3c(-c4ccccc4)cccc32)CC1. The Kier molecular flexibility index (Phi) is 6.67. The Hall–Kier alpha value is -6.38. The first kappa shape index (κ1) is 28.6. The second kappa shape index (κ2) is 11.6. The lowest BCUT2D eigenvalue weighted by Gasteiger charge is -2.19. The fourth-order valence-electron chi connectivity index (χ4n) is 8.33. The normalized spacial score (nSPS) is 12.6. The van der Waals surface area contributed by atoms with Crippen molar-refractivity contribution in [1.82, 2.24) is 9.13 Å². The maximum atomic E-state index is 2.51. The van der Waals surface area contributed by atoms with Crippen LogP contribution >= 0.6 is 0 Å². The van der Waals surface area contributed by atoms with Gasteiger partial charge in [-0.3, -0.25) is 0 Å². The van der Waals surface area contributed by atoms with Crippen molar-refractivity contribution >= 4 is 38.8 Å². The Labute approximate surface area is 291 Å². The van der Waals surface area contributed by atoms with Crippen molar-refractivity contribution in [3.05, 3.63) is 187 Å². The largest absolute Gasteiger partial charge is 0.309 e. The summed E-state index contributed by atoms with van der Waals surface area (Å²) in [6.07, 6.45) is 6.76. The molecule has 0 unspecified atom stereocenters. The molecule has 0 N–H and O–H groups in total. The number of rotatable bonds is 5. The van der Waals surface area contributed by atoms with E-state index in [4.69, 9.17) is 0 Å². The molecule has 236 valence electrons. The number of nitrogens with zero attached hydrogens (tertiary/aromatic N) is 2. The Morgan fingerprint density at radius 3 is 1.56 bits per heavy atom. The van der Waals surface area contributed by atoms with Crippen molar-refractivity contribution in [3.8, 4) is 44.8 Å². The van der Waals surface area contributed by atoms with Gasteiger partial charge in [0.1, 0.15) is 0 Å². The molecule has 1 aliphatic carbocycles. The maximum absolute atomic E-state index is 2.51. The topological polar surface area (TPSA) is 9.86 Å². The molecular formula is C48H34N2. The van der Waals surface area contributed by atoms with Crippen molar-refractivity contribution in [2.24, 2.45) is 0 Å². The van der Waals surface area contributed by atoms with Crippen LogP contribution < -0.4 is 0 Å². The molecule has 2 heterocycles. The Morgan fingerprint density at radius 1 is 0.380 bits per heavy atom. The van der Waals surface area contributed by atoms with Crippen LogP contribution in [0.5, 0.6) is 0 Å². The van der Waals surface area contributed by atoms with Crippen LogP contribution in [-0.4, -0.2) is 9.13 Å². The van der Waals surface area contributed by atoms with Gasteiger partial charge in [-0.1, -0.05) is 146 Å². The Bertz CT molecular complexity index is 2740. The first-order chi connectivity index (χ1) is 24.9. The number of hydrogen-bond donors (Lipinski definition) is 0. The molecule has 1 aliphatic rings. The first-order valence-electron chi connectivity index (χ1n) is 17.5. The average molecular weight is 639 g/mol. The zero-order chi connectivity index (χ0) is 33.0. The van der Waals surface area contributed by atoms with E-state index in [1.165, 1.54) is 88.7 Å². The molecule has 0 saturated carbocycles. The Morgan fingerprint density at radius 2 is 0.880 bits per heavy atom. The van der Waals surface area contributed by atoms with Gasteiger partial charge < -0.3 is 9.13 Å². The minimum Gasteiger partial charge on any atom is -0.309 e. The predicted molar refractivity (Wildman–Crippen MR) is 211 cm³/mol. The molecule has 0 amide bonds. The van der Waals surface area contributed by atoms with Crippen molar-refractivity contribution in [3.63, 3.8) is 0 Å². The molecule has 2 heteroatoms. The number of hydrogen-bond acceptors (Lipinski definition) is 0. The van der Waals surface area contributed by atoms with E-state index in [-0.39, 0.29) is 0 Å². The van der Waals surface area contributed by atoms with Gasteiger partial charge in [-0.05, 0) is 77.1 Å². The summed E-state index contributed by atoms with van der Waals surface area (Å²) in [5.41, 5.74) is 16.2. The summed E-state index contributed by atoms with van der Waals surface area (Å²) in [4.78, 5) is 0. The van der Waals surface area contributed by atoms with E-state index in [0.29, 0.717) is 0 Å². The number of benzene rings is 7. The molecule has 0 atom stereocenters. The lowest BCUT2D eigenvalue weighted by Crippen LogP contribution is -2.04. The molecule has 2 aromatic heterocycles. The van der Waals surface area contributed by atoms with Crippen molar-refractivity contribution in [1.29, 1.82) is 0 Å². The molecule has 2 nitrogen and oxygen atoms in total. The summed E-state index contributed by atoms with van der Waals surface area (Å²) in [5, 5.41) is 3.90. The third-order valence-corrected chi connectivity index (χ3v) is 10.4. The fourth-order valence-corrected chi connectivity index (χ4v) is 8.33. The summed E-state index contributed by atoms with van der Waals surface area (Å²) in [5.74, 6) is 0. The van der Waals surface area contributed by atoms with E-state index in [0.717, 1.165) is 12.8 Å².